The average molecular weight is 410 g/mol. The van der Waals surface area contributed by atoms with Crippen molar-refractivity contribution in [3.8, 4) is 0 Å². The number of nitrogens with zero attached hydrogens (tertiary/aromatic N) is 4. The highest BCUT2D eigenvalue weighted by Gasteiger charge is 2.29. The van der Waals surface area contributed by atoms with Crippen LogP contribution in [0.2, 0.25) is 0 Å². The minimum absolute atomic E-state index is 0.0196. The van der Waals surface area contributed by atoms with E-state index in [0.717, 1.165) is 31.0 Å². The highest BCUT2D eigenvalue weighted by atomic mass is 16.2. The van der Waals surface area contributed by atoms with Gasteiger partial charge in [0.25, 0.3) is 11.5 Å². The number of aromatic nitrogens is 3. The van der Waals surface area contributed by atoms with Crippen LogP contribution in [0.15, 0.2) is 29.3 Å². The first-order valence-electron chi connectivity index (χ1n) is 11.0. The van der Waals surface area contributed by atoms with Gasteiger partial charge in [-0.2, -0.15) is 0 Å². The van der Waals surface area contributed by atoms with E-state index in [0.29, 0.717) is 30.5 Å². The van der Waals surface area contributed by atoms with E-state index in [1.807, 2.05) is 25.3 Å². The molecule has 1 N–H and O–H groups in total. The number of aryl methyl sites for hydroxylation is 2. The molecule has 1 atom stereocenters. The Bertz CT molecular complexity index is 980. The molecule has 2 aromatic heterocycles. The standard InChI is InChI=1S/C23H31N5O2/c1-15(2)7-11-27-12-8-16(3)20(22(27)30)21(29)25-18-9-13-28(14-18)23-24-10-6-19(26-23)17-4-5-17/h6,8,10,12,15,17-18H,4-5,7,9,11,13-14H2,1-3H3,(H,25,29). The molecule has 1 unspecified atom stereocenters. The van der Waals surface area contributed by atoms with E-state index < -0.39 is 0 Å². The van der Waals surface area contributed by atoms with Crippen LogP contribution in [0, 0.1) is 12.8 Å². The highest BCUT2D eigenvalue weighted by molar-refractivity contribution is 5.95. The number of nitrogens with one attached hydrogen (secondary N) is 1. The summed E-state index contributed by atoms with van der Waals surface area (Å²) < 4.78 is 1.65. The topological polar surface area (TPSA) is 80.1 Å². The third-order valence-electron chi connectivity index (χ3n) is 6.01. The molecule has 7 heteroatoms. The molecule has 160 valence electrons. The SMILES string of the molecule is Cc1ccn(CCC(C)C)c(=O)c1C(=O)NC1CCN(c2nccc(C3CC3)n2)C1. The molecule has 1 aliphatic heterocycles. The van der Waals surface area contributed by atoms with Crippen LogP contribution in [0.3, 0.4) is 0 Å². The zero-order chi connectivity index (χ0) is 21.3. The van der Waals surface area contributed by atoms with Gasteiger partial charge in [-0.1, -0.05) is 13.8 Å². The smallest absolute Gasteiger partial charge is 0.263 e. The third kappa shape index (κ3) is 4.55. The van der Waals surface area contributed by atoms with Gasteiger partial charge in [0.05, 0.1) is 0 Å². The Morgan fingerprint density at radius 1 is 1.27 bits per heavy atom. The molecule has 0 spiro atoms. The van der Waals surface area contributed by atoms with Crippen molar-refractivity contribution in [2.24, 2.45) is 5.92 Å². The number of hydrogen-bond donors (Lipinski definition) is 1. The third-order valence-corrected chi connectivity index (χ3v) is 6.01. The maximum absolute atomic E-state index is 13.0. The Balaban J connectivity index is 1.43. The van der Waals surface area contributed by atoms with Gasteiger partial charge >= 0.3 is 0 Å². The second-order valence-corrected chi connectivity index (χ2v) is 9.02. The quantitative estimate of drug-likeness (QED) is 0.761. The number of anilines is 1. The van der Waals surface area contributed by atoms with Gasteiger partial charge in [0.1, 0.15) is 5.56 Å². The molecule has 1 saturated carbocycles. The van der Waals surface area contributed by atoms with Crippen molar-refractivity contribution < 1.29 is 4.79 Å². The van der Waals surface area contributed by atoms with E-state index in [1.54, 1.807) is 10.8 Å². The number of pyridine rings is 1. The van der Waals surface area contributed by atoms with E-state index in [1.165, 1.54) is 12.8 Å². The Kier molecular flexibility index (Phi) is 5.88. The molecule has 0 aromatic carbocycles. The van der Waals surface area contributed by atoms with E-state index in [2.05, 4.69) is 29.0 Å². The summed E-state index contributed by atoms with van der Waals surface area (Å²) in [6, 6.07) is 3.84. The minimum atomic E-state index is -0.282. The van der Waals surface area contributed by atoms with Crippen molar-refractivity contribution in [2.75, 3.05) is 18.0 Å². The van der Waals surface area contributed by atoms with Gasteiger partial charge in [0.2, 0.25) is 5.95 Å². The first-order valence-corrected chi connectivity index (χ1v) is 11.0. The first kappa shape index (κ1) is 20.6. The molecule has 0 radical (unpaired) electrons. The van der Waals surface area contributed by atoms with Gasteiger partial charge in [0, 0.05) is 49.7 Å². The van der Waals surface area contributed by atoms with Crippen LogP contribution in [-0.2, 0) is 6.54 Å². The lowest BCUT2D eigenvalue weighted by atomic mass is 10.1. The monoisotopic (exact) mass is 409 g/mol. The summed E-state index contributed by atoms with van der Waals surface area (Å²) in [5.74, 6) is 1.54. The summed E-state index contributed by atoms with van der Waals surface area (Å²) in [6.45, 7) is 8.16. The van der Waals surface area contributed by atoms with Crippen molar-refractivity contribution in [1.29, 1.82) is 0 Å². The number of amides is 1. The van der Waals surface area contributed by atoms with Crippen LogP contribution in [0.1, 0.15) is 67.1 Å². The second kappa shape index (κ2) is 8.58. The molecule has 0 bridgehead atoms. The summed E-state index contributed by atoms with van der Waals surface area (Å²) in [6.07, 6.45) is 7.76. The van der Waals surface area contributed by atoms with E-state index in [-0.39, 0.29) is 23.1 Å². The van der Waals surface area contributed by atoms with Crippen LogP contribution < -0.4 is 15.8 Å². The molecule has 1 aliphatic carbocycles. The van der Waals surface area contributed by atoms with E-state index >= 15 is 0 Å². The largest absolute Gasteiger partial charge is 0.347 e. The van der Waals surface area contributed by atoms with Crippen LogP contribution in [-0.4, -0.2) is 39.6 Å². The molecule has 2 aliphatic rings. The van der Waals surface area contributed by atoms with E-state index in [4.69, 9.17) is 4.98 Å². The van der Waals surface area contributed by atoms with Gasteiger partial charge in [-0.25, -0.2) is 9.97 Å². The van der Waals surface area contributed by atoms with Crippen LogP contribution in [0.5, 0.6) is 0 Å². The lowest BCUT2D eigenvalue weighted by molar-refractivity contribution is 0.0937. The molecule has 2 aromatic rings. The molecule has 1 amide bonds. The fraction of sp³-hybridized carbons (Fsp3) is 0.565. The zero-order valence-corrected chi connectivity index (χ0v) is 18.1. The Morgan fingerprint density at radius 2 is 2.07 bits per heavy atom. The van der Waals surface area contributed by atoms with Crippen LogP contribution in [0.4, 0.5) is 5.95 Å². The number of rotatable bonds is 7. The maximum Gasteiger partial charge on any atom is 0.263 e. The molecule has 4 rings (SSSR count). The van der Waals surface area contributed by atoms with Crippen molar-refractivity contribution in [2.45, 2.75) is 65.0 Å². The summed E-state index contributed by atoms with van der Waals surface area (Å²) in [7, 11) is 0. The first-order chi connectivity index (χ1) is 14.4. The van der Waals surface area contributed by atoms with Crippen LogP contribution >= 0.6 is 0 Å². The predicted molar refractivity (Wildman–Crippen MR) is 117 cm³/mol. The van der Waals surface area contributed by atoms with Gasteiger partial charge in [-0.05, 0) is 56.2 Å². The average Bonchev–Trinajstić information content (AvgIpc) is 3.47. The lowest BCUT2D eigenvalue weighted by Gasteiger charge is -2.18. The number of carbonyl (C=O) groups is 1. The Hall–Kier alpha value is -2.70. The van der Waals surface area contributed by atoms with Crippen molar-refractivity contribution in [3.63, 3.8) is 0 Å². The predicted octanol–water partition coefficient (Wildman–Crippen LogP) is 2.88. The molecule has 3 heterocycles. The van der Waals surface area contributed by atoms with Gasteiger partial charge in [0.15, 0.2) is 0 Å². The van der Waals surface area contributed by atoms with Crippen molar-refractivity contribution in [1.82, 2.24) is 19.9 Å². The highest BCUT2D eigenvalue weighted by Crippen LogP contribution is 2.39. The van der Waals surface area contributed by atoms with Gasteiger partial charge in [-0.3, -0.25) is 9.59 Å². The molecular weight excluding hydrogens is 378 g/mol. The summed E-state index contributed by atoms with van der Waals surface area (Å²) in [5, 5.41) is 3.07. The second-order valence-electron chi connectivity index (χ2n) is 9.02. The van der Waals surface area contributed by atoms with Gasteiger partial charge < -0.3 is 14.8 Å². The number of carbonyl (C=O) groups excluding carboxylic acids is 1. The Labute approximate surface area is 177 Å². The lowest BCUT2D eigenvalue weighted by Crippen LogP contribution is -2.41. The normalized spacial score (nSPS) is 18.8. The zero-order valence-electron chi connectivity index (χ0n) is 18.1. The minimum Gasteiger partial charge on any atom is -0.347 e. The van der Waals surface area contributed by atoms with E-state index in [9.17, 15) is 9.59 Å². The summed E-state index contributed by atoms with van der Waals surface area (Å²) >= 11 is 0. The molecule has 30 heavy (non-hydrogen) atoms. The molecular formula is C23H31N5O2. The molecule has 1 saturated heterocycles. The molecule has 7 nitrogen and oxygen atoms in total. The molecule has 2 fully saturated rings. The fourth-order valence-corrected chi connectivity index (χ4v) is 3.95. The van der Waals surface area contributed by atoms with Crippen LogP contribution in [0.25, 0.3) is 0 Å². The van der Waals surface area contributed by atoms with Crippen molar-refractivity contribution >= 4 is 11.9 Å². The number of hydrogen-bond acceptors (Lipinski definition) is 5. The maximum atomic E-state index is 13.0. The fourth-order valence-electron chi connectivity index (χ4n) is 3.95. The summed E-state index contributed by atoms with van der Waals surface area (Å²) in [5.41, 5.74) is 1.89. The van der Waals surface area contributed by atoms with Crippen molar-refractivity contribution in [3.05, 3.63) is 51.7 Å². The summed E-state index contributed by atoms with van der Waals surface area (Å²) in [4.78, 5) is 37.1. The van der Waals surface area contributed by atoms with Gasteiger partial charge in [-0.15, -0.1) is 0 Å². The Morgan fingerprint density at radius 3 is 2.80 bits per heavy atom.